The second kappa shape index (κ2) is 6.97. The Bertz CT molecular complexity index is 1180. The van der Waals surface area contributed by atoms with Gasteiger partial charge in [-0.2, -0.15) is 5.26 Å². The molecule has 2 unspecified atom stereocenters. The van der Waals surface area contributed by atoms with E-state index in [-0.39, 0.29) is 51.3 Å². The number of rotatable bonds is 0. The molecular weight excluding hydrogens is 432 g/mol. The van der Waals surface area contributed by atoms with E-state index in [4.69, 9.17) is 6.57 Å². The van der Waals surface area contributed by atoms with Crippen LogP contribution in [-0.4, -0.2) is 11.6 Å². The van der Waals surface area contributed by atoms with Gasteiger partial charge < -0.3 is 4.79 Å². The Labute approximate surface area is 211 Å². The summed E-state index contributed by atoms with van der Waals surface area (Å²) in [4.78, 5) is 31.0. The maximum absolute atomic E-state index is 14.2. The molecule has 4 heteroatoms. The molecule has 0 radical (unpaired) electrons. The van der Waals surface area contributed by atoms with Gasteiger partial charge in [0.2, 0.25) is 5.70 Å². The smallest absolute Gasteiger partial charge is 0.226 e. The largest absolute Gasteiger partial charge is 0.307 e. The average Bonchev–Trinajstić information content (AvgIpc) is 2.77. The van der Waals surface area contributed by atoms with Crippen molar-refractivity contribution in [1.29, 1.82) is 5.26 Å². The van der Waals surface area contributed by atoms with Crippen LogP contribution in [0.4, 0.5) is 0 Å². The second-order valence-corrected chi connectivity index (χ2v) is 14.5. The molecule has 5 aliphatic rings. The molecule has 0 aromatic carbocycles. The first-order chi connectivity index (χ1) is 16.1. The first-order valence-corrected chi connectivity index (χ1v) is 13.4. The Morgan fingerprint density at radius 1 is 1.00 bits per heavy atom. The summed E-state index contributed by atoms with van der Waals surface area (Å²) in [5.41, 5.74) is -0.483. The predicted molar refractivity (Wildman–Crippen MR) is 135 cm³/mol. The lowest BCUT2D eigenvalue weighted by molar-refractivity contribution is -0.162. The van der Waals surface area contributed by atoms with Crippen LogP contribution in [0.15, 0.2) is 23.4 Å². The maximum atomic E-state index is 14.2. The molecule has 3 saturated carbocycles. The molecule has 0 aromatic heterocycles. The van der Waals surface area contributed by atoms with Gasteiger partial charge in [0.15, 0.2) is 11.6 Å². The van der Waals surface area contributed by atoms with Gasteiger partial charge in [-0.25, -0.2) is 4.85 Å². The highest BCUT2D eigenvalue weighted by atomic mass is 16.1. The van der Waals surface area contributed by atoms with Crippen LogP contribution in [0.1, 0.15) is 93.4 Å². The zero-order chi connectivity index (χ0) is 25.8. The molecule has 0 spiro atoms. The van der Waals surface area contributed by atoms with Crippen LogP contribution in [0.3, 0.4) is 0 Å². The van der Waals surface area contributed by atoms with Gasteiger partial charge in [0.1, 0.15) is 0 Å². The number of hydrogen-bond acceptors (Lipinski definition) is 3. The Morgan fingerprint density at radius 3 is 2.29 bits per heavy atom. The molecule has 0 bridgehead atoms. The van der Waals surface area contributed by atoms with Crippen LogP contribution in [0, 0.1) is 68.1 Å². The Kier molecular flexibility index (Phi) is 4.88. The van der Waals surface area contributed by atoms with E-state index in [0.717, 1.165) is 50.5 Å². The lowest BCUT2D eigenvalue weighted by Crippen LogP contribution is -2.64. The number of nitriles is 1. The minimum atomic E-state index is -0.637. The predicted octanol–water partition coefficient (Wildman–Crippen LogP) is 7.08. The summed E-state index contributed by atoms with van der Waals surface area (Å²) < 4.78 is 0. The Balaban J connectivity index is 1.70. The minimum absolute atomic E-state index is 0.0636. The quantitative estimate of drug-likeness (QED) is 0.354. The van der Waals surface area contributed by atoms with Crippen molar-refractivity contribution >= 4 is 11.6 Å². The number of allylic oxidation sites excluding steroid dienone is 4. The van der Waals surface area contributed by atoms with Gasteiger partial charge in [-0.05, 0) is 79.1 Å². The van der Waals surface area contributed by atoms with Crippen molar-refractivity contribution in [2.24, 2.45) is 50.2 Å². The van der Waals surface area contributed by atoms with Gasteiger partial charge in [0.25, 0.3) is 0 Å². The zero-order valence-corrected chi connectivity index (χ0v) is 22.5. The summed E-state index contributed by atoms with van der Waals surface area (Å²) in [5.74, 6) is 0.117. The molecule has 3 fully saturated rings. The molecule has 0 aliphatic heterocycles. The van der Waals surface area contributed by atoms with E-state index in [1.165, 1.54) is 0 Å². The van der Waals surface area contributed by atoms with E-state index in [0.29, 0.717) is 0 Å². The van der Waals surface area contributed by atoms with Crippen molar-refractivity contribution in [3.63, 3.8) is 0 Å². The minimum Gasteiger partial charge on any atom is -0.307 e. The number of ketones is 2. The van der Waals surface area contributed by atoms with E-state index in [9.17, 15) is 14.9 Å². The van der Waals surface area contributed by atoms with E-state index in [2.05, 4.69) is 45.5 Å². The molecule has 5 aliphatic carbocycles. The number of carbonyl (C=O) groups excluding carboxylic acids is 2. The third-order valence-corrected chi connectivity index (χ3v) is 12.1. The van der Waals surface area contributed by atoms with Crippen molar-refractivity contribution in [3.05, 3.63) is 34.8 Å². The van der Waals surface area contributed by atoms with Gasteiger partial charge in [0.05, 0.1) is 18.1 Å². The molecule has 0 amide bonds. The zero-order valence-electron chi connectivity index (χ0n) is 22.5. The van der Waals surface area contributed by atoms with Crippen molar-refractivity contribution in [2.45, 2.75) is 93.4 Å². The highest BCUT2D eigenvalue weighted by Crippen LogP contribution is 2.74. The molecule has 0 N–H and O–H groups in total. The van der Waals surface area contributed by atoms with Gasteiger partial charge in [0, 0.05) is 16.7 Å². The molecule has 4 nitrogen and oxygen atoms in total. The van der Waals surface area contributed by atoms with Crippen molar-refractivity contribution in [2.75, 3.05) is 0 Å². The van der Waals surface area contributed by atoms with Crippen LogP contribution in [0.5, 0.6) is 0 Å². The first kappa shape index (κ1) is 24.5. The molecule has 0 heterocycles. The molecule has 7 atom stereocenters. The number of nitrogens with zero attached hydrogens (tertiary/aromatic N) is 2. The first-order valence-electron chi connectivity index (χ1n) is 13.4. The van der Waals surface area contributed by atoms with Crippen LogP contribution in [-0.2, 0) is 9.59 Å². The summed E-state index contributed by atoms with van der Waals surface area (Å²) in [7, 11) is 0. The fourth-order valence-electron chi connectivity index (χ4n) is 9.79. The highest BCUT2D eigenvalue weighted by molar-refractivity contribution is 6.03. The number of Topliss-reactive ketones (excluding diaryl/α,β-unsaturated/α-hetero) is 1. The summed E-state index contributed by atoms with van der Waals surface area (Å²) in [6, 6.07) is 2.74. The van der Waals surface area contributed by atoms with Crippen molar-refractivity contribution in [1.82, 2.24) is 0 Å². The van der Waals surface area contributed by atoms with E-state index in [1.807, 2.05) is 26.0 Å². The van der Waals surface area contributed by atoms with E-state index >= 15 is 0 Å². The fraction of sp³-hybridized carbons (Fsp3) is 0.742. The number of carbonyl (C=O) groups is 2. The molecule has 186 valence electrons. The molecule has 35 heavy (non-hydrogen) atoms. The molecule has 5 rings (SSSR count). The van der Waals surface area contributed by atoms with Gasteiger partial charge in [-0.1, -0.05) is 60.1 Å². The lowest BCUT2D eigenvalue weighted by atomic mass is 9.34. The van der Waals surface area contributed by atoms with Crippen molar-refractivity contribution < 1.29 is 9.59 Å². The fourth-order valence-corrected chi connectivity index (χ4v) is 9.79. The summed E-state index contributed by atoms with van der Waals surface area (Å²) in [6.07, 6.45) is 10.3. The third-order valence-electron chi connectivity index (χ3n) is 12.1. The highest BCUT2D eigenvalue weighted by Gasteiger charge is 2.69. The second-order valence-electron chi connectivity index (χ2n) is 14.5. The molecule has 0 saturated heterocycles. The lowest BCUT2D eigenvalue weighted by Gasteiger charge is -2.68. The summed E-state index contributed by atoms with van der Waals surface area (Å²) >= 11 is 0. The van der Waals surface area contributed by atoms with E-state index < -0.39 is 16.2 Å². The normalized spacial score (nSPS) is 47.5. The maximum Gasteiger partial charge on any atom is 0.226 e. The SMILES string of the molecule is [C-]#[N+]C1=C[C@]2(C)C3=CC(=O)C4C5CC(C)(C)CC[C@]5(C#N)CC[C@@]4(C)[C@]3(C)CC[C@H]2C(C)(C)C1=O. The van der Waals surface area contributed by atoms with Gasteiger partial charge in [-0.3, -0.25) is 4.79 Å². The monoisotopic (exact) mass is 472 g/mol. The summed E-state index contributed by atoms with van der Waals surface area (Å²) in [6.45, 7) is 23.1. The van der Waals surface area contributed by atoms with Crippen LogP contribution >= 0.6 is 0 Å². The summed E-state index contributed by atoms with van der Waals surface area (Å²) in [5, 5.41) is 10.4. The number of fused-ring (bicyclic) bond motifs is 7. The molecule has 0 aromatic rings. The van der Waals surface area contributed by atoms with Gasteiger partial charge >= 0.3 is 0 Å². The molecular formula is C31H40N2O2. The third kappa shape index (κ3) is 2.84. The number of hydrogen-bond donors (Lipinski definition) is 0. The van der Waals surface area contributed by atoms with Gasteiger partial charge in [-0.15, -0.1) is 0 Å². The van der Waals surface area contributed by atoms with Crippen LogP contribution in [0.2, 0.25) is 0 Å². The topological polar surface area (TPSA) is 62.3 Å². The average molecular weight is 473 g/mol. The van der Waals surface area contributed by atoms with E-state index in [1.54, 1.807) is 0 Å². The Hall–Kier alpha value is -2.20. The van der Waals surface area contributed by atoms with Crippen LogP contribution in [0.25, 0.3) is 4.85 Å². The van der Waals surface area contributed by atoms with Crippen molar-refractivity contribution in [3.8, 4) is 6.07 Å². The Morgan fingerprint density at radius 2 is 1.66 bits per heavy atom. The van der Waals surface area contributed by atoms with Crippen LogP contribution < -0.4 is 0 Å². The standard InChI is InChI=1S/C31H40N2O2/c1-26(2)11-13-31(18-32)14-12-30(7)24(19(31)16-26)21(34)15-23-28(5)17-20(33-8)25(35)27(3,4)22(28)9-10-29(23,30)6/h15,17,19,22,24H,9-14,16H2,1-7H3/t19?,22-,24?,28-,29+,30+,31+/m0/s1.